The maximum atomic E-state index is 5.91. The van der Waals surface area contributed by atoms with E-state index in [-0.39, 0.29) is 0 Å². The third kappa shape index (κ3) is 2.26. The van der Waals surface area contributed by atoms with Crippen LogP contribution in [0.2, 0.25) is 0 Å². The van der Waals surface area contributed by atoms with Gasteiger partial charge in [-0.15, -0.1) is 0 Å². The van der Waals surface area contributed by atoms with Gasteiger partial charge in [-0.25, -0.2) is 9.97 Å². The molecule has 1 aromatic heterocycles. The number of hydrogen-bond donors (Lipinski definition) is 1. The third-order valence-corrected chi connectivity index (χ3v) is 2.79. The molecule has 1 aliphatic rings. The van der Waals surface area contributed by atoms with Gasteiger partial charge in [-0.2, -0.15) is 0 Å². The molecule has 4 heteroatoms. The number of nitrogens with zero attached hydrogens (tertiary/aromatic N) is 3. The van der Waals surface area contributed by atoms with Crippen molar-refractivity contribution in [3.63, 3.8) is 0 Å². The zero-order valence-electron chi connectivity index (χ0n) is 9.45. The fourth-order valence-corrected chi connectivity index (χ4v) is 1.95. The van der Waals surface area contributed by atoms with Gasteiger partial charge in [-0.05, 0) is 33.4 Å². The first kappa shape index (κ1) is 10.4. The van der Waals surface area contributed by atoms with E-state index in [9.17, 15) is 0 Å². The normalized spacial score (nSPS) is 14.6. The predicted octanol–water partition coefficient (Wildman–Crippen LogP) is 0.652. The fraction of sp³-hybridized carbons (Fsp3) is 0.636. The molecule has 2 rings (SSSR count). The Morgan fingerprint density at radius 3 is 2.80 bits per heavy atom. The smallest absolute Gasteiger partial charge is 0.132 e. The first-order valence-corrected chi connectivity index (χ1v) is 5.45. The summed E-state index contributed by atoms with van der Waals surface area (Å²) in [5.41, 5.74) is 8.28. The Labute approximate surface area is 90.5 Å². The Morgan fingerprint density at radius 2 is 2.07 bits per heavy atom. The molecule has 1 aromatic rings. The average Bonchev–Trinajstić information content (AvgIpc) is 2.63. The van der Waals surface area contributed by atoms with Crippen molar-refractivity contribution < 1.29 is 0 Å². The van der Waals surface area contributed by atoms with Gasteiger partial charge >= 0.3 is 0 Å². The maximum Gasteiger partial charge on any atom is 0.132 e. The minimum atomic E-state index is 0.700. The van der Waals surface area contributed by atoms with Crippen LogP contribution in [-0.2, 0) is 19.3 Å². The molecule has 15 heavy (non-hydrogen) atoms. The monoisotopic (exact) mass is 206 g/mol. The standard InChI is InChI=1S/C11H18N4/c1-15(2)7-6-10-13-9-5-3-4-8(9)11(12)14-10/h3-7H2,1-2H3,(H2,12,13,14). The zero-order valence-corrected chi connectivity index (χ0v) is 9.45. The Balaban J connectivity index is 2.16. The first-order chi connectivity index (χ1) is 7.16. The lowest BCUT2D eigenvalue weighted by Crippen LogP contribution is -2.17. The predicted molar refractivity (Wildman–Crippen MR) is 60.7 cm³/mol. The topological polar surface area (TPSA) is 55.0 Å². The summed E-state index contributed by atoms with van der Waals surface area (Å²) in [6.45, 7) is 0.970. The van der Waals surface area contributed by atoms with E-state index in [1.54, 1.807) is 0 Å². The fourth-order valence-electron chi connectivity index (χ4n) is 1.95. The summed E-state index contributed by atoms with van der Waals surface area (Å²) in [5.74, 6) is 1.59. The second-order valence-electron chi connectivity index (χ2n) is 4.36. The van der Waals surface area contributed by atoms with Gasteiger partial charge in [0.05, 0.1) is 0 Å². The van der Waals surface area contributed by atoms with E-state index in [4.69, 9.17) is 5.73 Å². The van der Waals surface area contributed by atoms with Crippen LogP contribution in [0.3, 0.4) is 0 Å². The van der Waals surface area contributed by atoms with Crippen LogP contribution in [0.5, 0.6) is 0 Å². The Hall–Kier alpha value is -1.16. The minimum absolute atomic E-state index is 0.700. The minimum Gasteiger partial charge on any atom is -0.383 e. The Kier molecular flexibility index (Phi) is 2.86. The molecule has 0 bridgehead atoms. The van der Waals surface area contributed by atoms with Crippen LogP contribution in [0.25, 0.3) is 0 Å². The number of nitrogens with two attached hydrogens (primary N) is 1. The molecule has 0 aromatic carbocycles. The summed E-state index contributed by atoms with van der Waals surface area (Å²) in [4.78, 5) is 11.1. The van der Waals surface area contributed by atoms with Gasteiger partial charge in [-0.1, -0.05) is 0 Å². The lowest BCUT2D eigenvalue weighted by atomic mass is 10.2. The van der Waals surface area contributed by atoms with E-state index in [0.717, 1.165) is 31.6 Å². The van der Waals surface area contributed by atoms with Crippen LogP contribution in [0.1, 0.15) is 23.5 Å². The number of aromatic nitrogens is 2. The summed E-state index contributed by atoms with van der Waals surface area (Å²) in [6.07, 6.45) is 4.17. The molecular formula is C11H18N4. The first-order valence-electron chi connectivity index (χ1n) is 5.45. The van der Waals surface area contributed by atoms with Crippen LogP contribution in [0, 0.1) is 0 Å². The van der Waals surface area contributed by atoms with Crippen molar-refractivity contribution in [2.45, 2.75) is 25.7 Å². The molecule has 0 spiro atoms. The zero-order chi connectivity index (χ0) is 10.8. The van der Waals surface area contributed by atoms with Crippen molar-refractivity contribution in [2.75, 3.05) is 26.4 Å². The molecule has 0 fully saturated rings. The number of hydrogen-bond acceptors (Lipinski definition) is 4. The van der Waals surface area contributed by atoms with Crippen molar-refractivity contribution >= 4 is 5.82 Å². The molecule has 0 atom stereocenters. The average molecular weight is 206 g/mol. The number of rotatable bonds is 3. The van der Waals surface area contributed by atoms with Crippen LogP contribution < -0.4 is 5.73 Å². The van der Waals surface area contributed by atoms with Crippen molar-refractivity contribution in [3.05, 3.63) is 17.1 Å². The molecule has 0 aliphatic heterocycles. The molecular weight excluding hydrogens is 188 g/mol. The molecule has 0 saturated carbocycles. The molecule has 0 unspecified atom stereocenters. The molecule has 4 nitrogen and oxygen atoms in total. The highest BCUT2D eigenvalue weighted by atomic mass is 15.1. The van der Waals surface area contributed by atoms with Crippen LogP contribution in [0.15, 0.2) is 0 Å². The Bertz CT molecular complexity index is 360. The van der Waals surface area contributed by atoms with E-state index in [1.807, 2.05) is 0 Å². The summed E-state index contributed by atoms with van der Waals surface area (Å²) < 4.78 is 0. The van der Waals surface area contributed by atoms with Gasteiger partial charge in [-0.3, -0.25) is 0 Å². The second-order valence-corrected chi connectivity index (χ2v) is 4.36. The van der Waals surface area contributed by atoms with Gasteiger partial charge < -0.3 is 10.6 Å². The van der Waals surface area contributed by atoms with E-state index in [0.29, 0.717) is 5.82 Å². The van der Waals surface area contributed by atoms with Crippen LogP contribution >= 0.6 is 0 Å². The lowest BCUT2D eigenvalue weighted by molar-refractivity contribution is 0.409. The van der Waals surface area contributed by atoms with E-state index < -0.39 is 0 Å². The molecule has 0 amide bonds. The summed E-state index contributed by atoms with van der Waals surface area (Å²) in [5, 5.41) is 0. The van der Waals surface area contributed by atoms with E-state index in [1.165, 1.54) is 17.7 Å². The van der Waals surface area contributed by atoms with Crippen molar-refractivity contribution in [3.8, 4) is 0 Å². The highest BCUT2D eigenvalue weighted by molar-refractivity contribution is 5.44. The van der Waals surface area contributed by atoms with Gasteiger partial charge in [0.1, 0.15) is 11.6 Å². The molecule has 2 N–H and O–H groups in total. The van der Waals surface area contributed by atoms with Crippen molar-refractivity contribution in [2.24, 2.45) is 0 Å². The van der Waals surface area contributed by atoms with Crippen LogP contribution in [0.4, 0.5) is 5.82 Å². The van der Waals surface area contributed by atoms with Gasteiger partial charge in [0.15, 0.2) is 0 Å². The summed E-state index contributed by atoms with van der Waals surface area (Å²) in [7, 11) is 4.10. The summed E-state index contributed by atoms with van der Waals surface area (Å²) in [6, 6.07) is 0. The number of aryl methyl sites for hydroxylation is 1. The molecule has 0 radical (unpaired) electrons. The lowest BCUT2D eigenvalue weighted by Gasteiger charge is -2.10. The number of nitrogen functional groups attached to an aromatic ring is 1. The quantitative estimate of drug-likeness (QED) is 0.789. The van der Waals surface area contributed by atoms with Gasteiger partial charge in [0, 0.05) is 24.2 Å². The molecule has 1 aliphatic carbocycles. The largest absolute Gasteiger partial charge is 0.383 e. The van der Waals surface area contributed by atoms with Gasteiger partial charge in [0.25, 0.3) is 0 Å². The van der Waals surface area contributed by atoms with Crippen molar-refractivity contribution in [1.82, 2.24) is 14.9 Å². The van der Waals surface area contributed by atoms with Crippen LogP contribution in [-0.4, -0.2) is 35.5 Å². The molecule has 82 valence electrons. The Morgan fingerprint density at radius 1 is 1.27 bits per heavy atom. The number of likely N-dealkylation sites (N-methyl/N-ethyl adjacent to an activating group) is 1. The summed E-state index contributed by atoms with van der Waals surface area (Å²) >= 11 is 0. The molecule has 0 saturated heterocycles. The van der Waals surface area contributed by atoms with E-state index >= 15 is 0 Å². The number of fused-ring (bicyclic) bond motifs is 1. The highest BCUT2D eigenvalue weighted by Gasteiger charge is 2.17. The van der Waals surface area contributed by atoms with E-state index in [2.05, 4.69) is 29.0 Å². The third-order valence-electron chi connectivity index (χ3n) is 2.79. The second kappa shape index (κ2) is 4.14. The SMILES string of the molecule is CN(C)CCc1nc(N)c2c(n1)CCC2. The molecule has 1 heterocycles. The highest BCUT2D eigenvalue weighted by Crippen LogP contribution is 2.24. The maximum absolute atomic E-state index is 5.91. The number of anilines is 1. The van der Waals surface area contributed by atoms with Gasteiger partial charge in [0.2, 0.25) is 0 Å². The van der Waals surface area contributed by atoms with Crippen molar-refractivity contribution in [1.29, 1.82) is 0 Å².